The summed E-state index contributed by atoms with van der Waals surface area (Å²) in [5.41, 5.74) is 6.05. The lowest BCUT2D eigenvalue weighted by Gasteiger charge is -2.24. The number of rotatable bonds is 7. The summed E-state index contributed by atoms with van der Waals surface area (Å²) < 4.78 is 16.6. The molecule has 2 heterocycles. The molecule has 0 aliphatic carbocycles. The number of ether oxygens (including phenoxy) is 3. The van der Waals surface area contributed by atoms with E-state index < -0.39 is 0 Å². The van der Waals surface area contributed by atoms with Crippen LogP contribution in [0.1, 0.15) is 30.9 Å². The SMILES string of the molecule is COc1ccc(/C(C)=N\NC(=S)NC[C@H]2CCCO2)cc1C[NH+]1CCOCC1. The van der Waals surface area contributed by atoms with Crippen molar-refractivity contribution in [3.05, 3.63) is 29.3 Å². The van der Waals surface area contributed by atoms with Gasteiger partial charge in [-0.1, -0.05) is 0 Å². The number of thiocarbonyl (C=S) groups is 1. The van der Waals surface area contributed by atoms with E-state index in [4.69, 9.17) is 26.4 Å². The fourth-order valence-electron chi connectivity index (χ4n) is 3.50. The molecule has 1 atom stereocenters. The highest BCUT2D eigenvalue weighted by molar-refractivity contribution is 7.80. The van der Waals surface area contributed by atoms with Crippen LogP contribution in [0.5, 0.6) is 5.75 Å². The molecule has 0 saturated carbocycles. The van der Waals surface area contributed by atoms with E-state index in [1.54, 1.807) is 7.11 Å². The van der Waals surface area contributed by atoms with Gasteiger partial charge in [0.2, 0.25) is 0 Å². The van der Waals surface area contributed by atoms with Crippen LogP contribution in [0.4, 0.5) is 0 Å². The van der Waals surface area contributed by atoms with Crippen molar-refractivity contribution < 1.29 is 19.1 Å². The maximum absolute atomic E-state index is 5.59. The third kappa shape index (κ3) is 6.13. The van der Waals surface area contributed by atoms with Gasteiger partial charge in [0.1, 0.15) is 25.4 Å². The largest absolute Gasteiger partial charge is 0.496 e. The van der Waals surface area contributed by atoms with Crippen molar-refractivity contribution in [2.24, 2.45) is 5.10 Å². The van der Waals surface area contributed by atoms with E-state index >= 15 is 0 Å². The molecule has 1 aromatic carbocycles. The van der Waals surface area contributed by atoms with Crippen LogP contribution in [0.3, 0.4) is 0 Å². The van der Waals surface area contributed by atoms with Gasteiger partial charge in [0, 0.05) is 18.7 Å². The van der Waals surface area contributed by atoms with Crippen LogP contribution in [0.15, 0.2) is 23.3 Å². The lowest BCUT2D eigenvalue weighted by atomic mass is 10.1. The standard InChI is InChI=1S/C20H30N4O3S/c1-15(22-23-20(28)21-13-18-4-3-9-27-18)16-5-6-19(25-2)17(12-16)14-24-7-10-26-11-8-24/h5-6,12,18H,3-4,7-11,13-14H2,1-2H3,(H2,21,23,28)/p+1/b22-15-/t18-/m1/s1. The third-order valence-electron chi connectivity index (χ3n) is 5.18. The van der Waals surface area contributed by atoms with Crippen LogP contribution in [-0.4, -0.2) is 63.5 Å². The summed E-state index contributed by atoms with van der Waals surface area (Å²) in [5, 5.41) is 8.12. The Morgan fingerprint density at radius 1 is 1.32 bits per heavy atom. The highest BCUT2D eigenvalue weighted by Gasteiger charge is 2.18. The smallest absolute Gasteiger partial charge is 0.187 e. The number of benzene rings is 1. The zero-order valence-electron chi connectivity index (χ0n) is 16.8. The van der Waals surface area contributed by atoms with Crippen LogP contribution in [-0.2, 0) is 16.0 Å². The molecule has 2 aliphatic heterocycles. The molecule has 2 fully saturated rings. The van der Waals surface area contributed by atoms with Gasteiger partial charge in [-0.25, -0.2) is 0 Å². The first-order chi connectivity index (χ1) is 13.7. The minimum atomic E-state index is 0.247. The molecule has 0 aromatic heterocycles. The van der Waals surface area contributed by atoms with Gasteiger partial charge in [-0.15, -0.1) is 0 Å². The Morgan fingerprint density at radius 2 is 2.14 bits per heavy atom. The van der Waals surface area contributed by atoms with Gasteiger partial charge in [-0.05, 0) is 55.7 Å². The van der Waals surface area contributed by atoms with Crippen molar-refractivity contribution in [2.75, 3.05) is 46.6 Å². The van der Waals surface area contributed by atoms with Gasteiger partial charge in [0.05, 0.1) is 32.1 Å². The second-order valence-corrected chi connectivity index (χ2v) is 7.63. The van der Waals surface area contributed by atoms with E-state index in [1.807, 2.05) is 19.1 Å². The average molecular weight is 408 g/mol. The van der Waals surface area contributed by atoms with Crippen molar-refractivity contribution in [1.82, 2.24) is 10.7 Å². The van der Waals surface area contributed by atoms with E-state index in [-0.39, 0.29) is 6.10 Å². The van der Waals surface area contributed by atoms with Crippen LogP contribution < -0.4 is 20.4 Å². The normalized spacial score (nSPS) is 20.8. The predicted octanol–water partition coefficient (Wildman–Crippen LogP) is 0.477. The summed E-state index contributed by atoms with van der Waals surface area (Å²) in [6.45, 7) is 8.13. The lowest BCUT2D eigenvalue weighted by Crippen LogP contribution is -3.12. The summed E-state index contributed by atoms with van der Waals surface area (Å²) in [6, 6.07) is 6.20. The maximum Gasteiger partial charge on any atom is 0.187 e. The first-order valence-corrected chi connectivity index (χ1v) is 10.3. The Morgan fingerprint density at radius 3 is 2.86 bits per heavy atom. The van der Waals surface area contributed by atoms with Gasteiger partial charge in [-0.3, -0.25) is 5.43 Å². The Hall–Kier alpha value is -1.74. The van der Waals surface area contributed by atoms with Crippen molar-refractivity contribution >= 4 is 23.0 Å². The van der Waals surface area contributed by atoms with E-state index in [1.165, 1.54) is 10.5 Å². The molecule has 154 valence electrons. The Kier molecular flexibility index (Phi) is 8.02. The summed E-state index contributed by atoms with van der Waals surface area (Å²) in [6.07, 6.45) is 2.45. The highest BCUT2D eigenvalue weighted by Crippen LogP contribution is 2.19. The van der Waals surface area contributed by atoms with Crippen LogP contribution in [0.25, 0.3) is 0 Å². The molecule has 8 heteroatoms. The lowest BCUT2D eigenvalue weighted by molar-refractivity contribution is -0.921. The molecule has 2 saturated heterocycles. The van der Waals surface area contributed by atoms with Crippen molar-refractivity contribution in [1.29, 1.82) is 0 Å². The van der Waals surface area contributed by atoms with Crippen LogP contribution >= 0.6 is 12.2 Å². The molecule has 3 N–H and O–H groups in total. The number of nitrogens with zero attached hydrogens (tertiary/aromatic N) is 1. The van der Waals surface area contributed by atoms with Gasteiger partial charge < -0.3 is 24.4 Å². The molecule has 0 bridgehead atoms. The van der Waals surface area contributed by atoms with Gasteiger partial charge in [0.15, 0.2) is 5.11 Å². The Balaban J connectivity index is 1.58. The van der Waals surface area contributed by atoms with Crippen molar-refractivity contribution in [2.45, 2.75) is 32.4 Å². The van der Waals surface area contributed by atoms with Crippen molar-refractivity contribution in [3.63, 3.8) is 0 Å². The highest BCUT2D eigenvalue weighted by atomic mass is 32.1. The summed E-state index contributed by atoms with van der Waals surface area (Å²) >= 11 is 5.31. The molecule has 0 amide bonds. The maximum atomic E-state index is 5.59. The minimum absolute atomic E-state index is 0.247. The quantitative estimate of drug-likeness (QED) is 0.347. The Bertz CT molecular complexity index is 686. The van der Waals surface area contributed by atoms with Crippen molar-refractivity contribution in [3.8, 4) is 5.75 Å². The number of nitrogens with one attached hydrogen (secondary N) is 3. The number of hydrogen-bond donors (Lipinski definition) is 3. The molecule has 2 aliphatic rings. The van der Waals surface area contributed by atoms with E-state index in [9.17, 15) is 0 Å². The summed E-state index contributed by atoms with van der Waals surface area (Å²) in [7, 11) is 1.72. The molecule has 1 aromatic rings. The number of quaternary nitrogens is 1. The molecule has 7 nitrogen and oxygen atoms in total. The zero-order chi connectivity index (χ0) is 19.8. The first kappa shape index (κ1) is 21.0. The second-order valence-electron chi connectivity index (χ2n) is 7.22. The fourth-order valence-corrected chi connectivity index (χ4v) is 3.63. The second kappa shape index (κ2) is 10.7. The number of methoxy groups -OCH3 is 1. The first-order valence-electron chi connectivity index (χ1n) is 9.94. The molecular formula is C20H31N4O3S+. The topological polar surface area (TPSA) is 68.5 Å². The molecule has 28 heavy (non-hydrogen) atoms. The van der Waals surface area contributed by atoms with Crippen LogP contribution in [0, 0.1) is 0 Å². The Labute approximate surface area is 172 Å². The number of hydrogen-bond acceptors (Lipinski definition) is 5. The van der Waals surface area contributed by atoms with Gasteiger partial charge in [0.25, 0.3) is 0 Å². The molecule has 3 rings (SSSR count). The predicted molar refractivity (Wildman–Crippen MR) is 113 cm³/mol. The summed E-state index contributed by atoms with van der Waals surface area (Å²) in [5.74, 6) is 0.914. The van der Waals surface area contributed by atoms with E-state index in [2.05, 4.69) is 21.9 Å². The molecule has 0 radical (unpaired) electrons. The molecule has 0 unspecified atom stereocenters. The summed E-state index contributed by atoms with van der Waals surface area (Å²) in [4.78, 5) is 1.51. The van der Waals surface area contributed by atoms with Gasteiger partial charge >= 0.3 is 0 Å². The van der Waals surface area contributed by atoms with Gasteiger partial charge in [-0.2, -0.15) is 5.10 Å². The average Bonchev–Trinajstić information content (AvgIpc) is 3.25. The van der Waals surface area contributed by atoms with E-state index in [0.29, 0.717) is 5.11 Å². The number of hydrazone groups is 1. The monoisotopic (exact) mass is 407 g/mol. The van der Waals surface area contributed by atoms with Crippen LogP contribution in [0.2, 0.25) is 0 Å². The molecular weight excluding hydrogens is 376 g/mol. The van der Waals surface area contributed by atoms with E-state index in [0.717, 1.165) is 75.9 Å². The minimum Gasteiger partial charge on any atom is -0.496 e. The number of morpholine rings is 1. The zero-order valence-corrected chi connectivity index (χ0v) is 17.6. The fraction of sp³-hybridized carbons (Fsp3) is 0.600. The third-order valence-corrected chi connectivity index (χ3v) is 5.41. The molecule has 0 spiro atoms.